The molecule has 1 unspecified atom stereocenters. The van der Waals surface area contributed by atoms with Crippen LogP contribution >= 0.6 is 0 Å². The fourth-order valence-electron chi connectivity index (χ4n) is 2.99. The number of unbranched alkanes of at least 4 members (excludes halogenated alkanes) is 1. The maximum absolute atomic E-state index is 12.9. The van der Waals surface area contributed by atoms with Gasteiger partial charge >= 0.3 is 5.97 Å². The van der Waals surface area contributed by atoms with Gasteiger partial charge in [0.05, 0.1) is 12.2 Å². The molecule has 2 N–H and O–H groups in total. The van der Waals surface area contributed by atoms with Crippen LogP contribution in [0.25, 0.3) is 0 Å². The van der Waals surface area contributed by atoms with Gasteiger partial charge in [0.15, 0.2) is 0 Å². The van der Waals surface area contributed by atoms with Gasteiger partial charge in [0.1, 0.15) is 6.04 Å². The van der Waals surface area contributed by atoms with E-state index in [1.54, 1.807) is 24.3 Å². The minimum Gasteiger partial charge on any atom is -0.462 e. The summed E-state index contributed by atoms with van der Waals surface area (Å²) < 4.78 is 5.20. The van der Waals surface area contributed by atoms with Gasteiger partial charge in [-0.1, -0.05) is 57.5 Å². The molecule has 6 nitrogen and oxygen atoms in total. The standard InChI is InChI=1S/C25H32N2O4/c1-4-5-15-31-25(30)20-11-13-21(14-12-20)26-24(29)22(27-23(28)16-18(2)3)17-19-9-7-6-8-10-19/h6-14,18,22H,4-5,15-17H2,1-3H3,(H,26,29)(H,27,28). The summed E-state index contributed by atoms with van der Waals surface area (Å²) in [6.07, 6.45) is 2.52. The molecule has 0 aliphatic carbocycles. The number of amides is 2. The van der Waals surface area contributed by atoms with Gasteiger partial charge < -0.3 is 15.4 Å². The summed E-state index contributed by atoms with van der Waals surface area (Å²) in [7, 11) is 0. The molecule has 0 heterocycles. The Morgan fingerprint density at radius 2 is 1.65 bits per heavy atom. The summed E-state index contributed by atoms with van der Waals surface area (Å²) >= 11 is 0. The van der Waals surface area contributed by atoms with Gasteiger partial charge in [-0.05, 0) is 42.2 Å². The number of ether oxygens (including phenoxy) is 1. The highest BCUT2D eigenvalue weighted by Crippen LogP contribution is 2.13. The lowest BCUT2D eigenvalue weighted by Crippen LogP contribution is -2.45. The average molecular weight is 425 g/mol. The second-order valence-corrected chi connectivity index (χ2v) is 7.96. The number of carbonyl (C=O) groups is 3. The number of hydrogen-bond acceptors (Lipinski definition) is 4. The molecule has 31 heavy (non-hydrogen) atoms. The van der Waals surface area contributed by atoms with Gasteiger partial charge in [-0.3, -0.25) is 9.59 Å². The lowest BCUT2D eigenvalue weighted by molar-refractivity contribution is -0.127. The number of anilines is 1. The van der Waals surface area contributed by atoms with Crippen molar-refractivity contribution in [3.05, 3.63) is 65.7 Å². The Balaban J connectivity index is 2.04. The van der Waals surface area contributed by atoms with E-state index in [1.165, 1.54) is 0 Å². The van der Waals surface area contributed by atoms with E-state index in [1.807, 2.05) is 51.1 Å². The lowest BCUT2D eigenvalue weighted by Gasteiger charge is -2.19. The zero-order chi connectivity index (χ0) is 22.6. The van der Waals surface area contributed by atoms with Crippen molar-refractivity contribution in [1.82, 2.24) is 5.32 Å². The summed E-state index contributed by atoms with van der Waals surface area (Å²) in [6.45, 7) is 6.34. The molecule has 1 atom stereocenters. The molecular weight excluding hydrogens is 392 g/mol. The third-order valence-electron chi connectivity index (χ3n) is 4.65. The fourth-order valence-corrected chi connectivity index (χ4v) is 2.99. The smallest absolute Gasteiger partial charge is 0.338 e. The first-order chi connectivity index (χ1) is 14.9. The molecule has 0 bridgehead atoms. The zero-order valence-electron chi connectivity index (χ0n) is 18.5. The third-order valence-corrected chi connectivity index (χ3v) is 4.65. The van der Waals surface area contributed by atoms with Crippen LogP contribution < -0.4 is 10.6 Å². The molecule has 0 radical (unpaired) electrons. The first-order valence-corrected chi connectivity index (χ1v) is 10.8. The summed E-state index contributed by atoms with van der Waals surface area (Å²) in [5.74, 6) is -0.644. The van der Waals surface area contributed by atoms with Crippen molar-refractivity contribution in [2.24, 2.45) is 5.92 Å². The van der Waals surface area contributed by atoms with E-state index in [-0.39, 0.29) is 23.7 Å². The van der Waals surface area contributed by atoms with Crippen LogP contribution in [0.4, 0.5) is 5.69 Å². The van der Waals surface area contributed by atoms with E-state index in [2.05, 4.69) is 10.6 Å². The molecule has 2 aromatic rings. The van der Waals surface area contributed by atoms with E-state index in [0.29, 0.717) is 30.7 Å². The van der Waals surface area contributed by atoms with Gasteiger partial charge in [0.2, 0.25) is 11.8 Å². The van der Waals surface area contributed by atoms with Crippen LogP contribution in [0, 0.1) is 5.92 Å². The highest BCUT2D eigenvalue weighted by atomic mass is 16.5. The molecule has 2 amide bonds. The van der Waals surface area contributed by atoms with Crippen LogP contribution in [0.15, 0.2) is 54.6 Å². The number of nitrogens with one attached hydrogen (secondary N) is 2. The van der Waals surface area contributed by atoms with E-state index in [0.717, 1.165) is 18.4 Å². The second kappa shape index (κ2) is 12.5. The highest BCUT2D eigenvalue weighted by Gasteiger charge is 2.22. The Morgan fingerprint density at radius 3 is 2.26 bits per heavy atom. The summed E-state index contributed by atoms with van der Waals surface area (Å²) in [5.41, 5.74) is 1.93. The third kappa shape index (κ3) is 8.62. The Bertz CT molecular complexity index is 848. The maximum Gasteiger partial charge on any atom is 0.338 e. The van der Waals surface area contributed by atoms with Gasteiger partial charge in [-0.15, -0.1) is 0 Å². The van der Waals surface area contributed by atoms with Crippen LogP contribution in [0.2, 0.25) is 0 Å². The van der Waals surface area contributed by atoms with Gasteiger partial charge in [-0.2, -0.15) is 0 Å². The molecular formula is C25H32N2O4. The topological polar surface area (TPSA) is 84.5 Å². The van der Waals surface area contributed by atoms with Crippen molar-refractivity contribution in [3.63, 3.8) is 0 Å². The van der Waals surface area contributed by atoms with Crippen LogP contribution in [0.5, 0.6) is 0 Å². The van der Waals surface area contributed by atoms with E-state index < -0.39 is 6.04 Å². The predicted molar refractivity (Wildman–Crippen MR) is 122 cm³/mol. The van der Waals surface area contributed by atoms with Gasteiger partial charge in [0.25, 0.3) is 0 Å². The van der Waals surface area contributed by atoms with E-state index in [9.17, 15) is 14.4 Å². The quantitative estimate of drug-likeness (QED) is 0.415. The van der Waals surface area contributed by atoms with Crippen molar-refractivity contribution in [3.8, 4) is 0 Å². The SMILES string of the molecule is CCCCOC(=O)c1ccc(NC(=O)C(Cc2ccccc2)NC(=O)CC(C)C)cc1. The molecule has 0 aliphatic rings. The molecule has 0 saturated heterocycles. The number of carbonyl (C=O) groups excluding carboxylic acids is 3. The molecule has 2 aromatic carbocycles. The Labute approximate surface area is 184 Å². The van der Waals surface area contributed by atoms with E-state index in [4.69, 9.17) is 4.74 Å². The van der Waals surface area contributed by atoms with Crippen LogP contribution in [0.3, 0.4) is 0 Å². The van der Waals surface area contributed by atoms with Crippen molar-refractivity contribution < 1.29 is 19.1 Å². The van der Waals surface area contributed by atoms with Gasteiger partial charge in [0, 0.05) is 18.5 Å². The number of hydrogen-bond donors (Lipinski definition) is 2. The van der Waals surface area contributed by atoms with Crippen LogP contribution in [0.1, 0.15) is 56.0 Å². The molecule has 6 heteroatoms. The lowest BCUT2D eigenvalue weighted by atomic mass is 10.0. The largest absolute Gasteiger partial charge is 0.462 e. The number of rotatable bonds is 11. The highest BCUT2D eigenvalue weighted by molar-refractivity contribution is 5.98. The summed E-state index contributed by atoms with van der Waals surface area (Å²) in [6, 6.07) is 15.4. The minimum atomic E-state index is -0.702. The van der Waals surface area contributed by atoms with Crippen LogP contribution in [-0.2, 0) is 20.7 Å². The predicted octanol–water partition coefficient (Wildman–Crippen LogP) is 4.36. The molecule has 0 fully saturated rings. The Kier molecular flexibility index (Phi) is 9.75. The molecule has 0 aliphatic heterocycles. The van der Waals surface area contributed by atoms with E-state index >= 15 is 0 Å². The van der Waals surface area contributed by atoms with Crippen molar-refractivity contribution >= 4 is 23.5 Å². The zero-order valence-corrected chi connectivity index (χ0v) is 18.5. The second-order valence-electron chi connectivity index (χ2n) is 7.96. The minimum absolute atomic E-state index is 0.156. The number of benzene rings is 2. The summed E-state index contributed by atoms with van der Waals surface area (Å²) in [4.78, 5) is 37.2. The number of esters is 1. The first-order valence-electron chi connectivity index (χ1n) is 10.8. The fraction of sp³-hybridized carbons (Fsp3) is 0.400. The molecule has 0 saturated carbocycles. The summed E-state index contributed by atoms with van der Waals surface area (Å²) in [5, 5.41) is 5.68. The Morgan fingerprint density at radius 1 is 0.968 bits per heavy atom. The van der Waals surface area contributed by atoms with Gasteiger partial charge in [-0.25, -0.2) is 4.79 Å². The molecule has 0 spiro atoms. The first kappa shape index (κ1) is 24.1. The maximum atomic E-state index is 12.9. The average Bonchev–Trinajstić information content (AvgIpc) is 2.74. The van der Waals surface area contributed by atoms with Crippen molar-refractivity contribution in [2.75, 3.05) is 11.9 Å². The molecule has 0 aromatic heterocycles. The van der Waals surface area contributed by atoms with Crippen molar-refractivity contribution in [1.29, 1.82) is 0 Å². The normalized spacial score (nSPS) is 11.6. The molecule has 166 valence electrons. The monoisotopic (exact) mass is 424 g/mol. The van der Waals surface area contributed by atoms with Crippen molar-refractivity contribution in [2.45, 2.75) is 52.5 Å². The molecule has 2 rings (SSSR count). The van der Waals surface area contributed by atoms with Crippen LogP contribution in [-0.4, -0.2) is 30.4 Å². The Hall–Kier alpha value is -3.15.